The average Bonchev–Trinajstić information content (AvgIpc) is 2.77. The Hall–Kier alpha value is -3.14. The Kier molecular flexibility index (Phi) is 12.9. The van der Waals surface area contributed by atoms with Gasteiger partial charge in [0.2, 0.25) is 0 Å². The molecule has 2 N–H and O–H groups in total. The van der Waals surface area contributed by atoms with Crippen LogP contribution in [0.3, 0.4) is 0 Å². The summed E-state index contributed by atoms with van der Waals surface area (Å²) in [5.74, 6) is -1.43. The number of carbonyl (C=O) groups is 4. The molecule has 10 nitrogen and oxygen atoms in total. The number of rotatable bonds is 13. The van der Waals surface area contributed by atoms with E-state index in [0.717, 1.165) is 0 Å². The summed E-state index contributed by atoms with van der Waals surface area (Å²) in [4.78, 5) is 48.0. The number of carbonyl (C=O) groups excluding carboxylic acids is 4. The molecule has 0 saturated carbocycles. The van der Waals surface area contributed by atoms with Gasteiger partial charge in [-0.15, -0.1) is 0 Å². The van der Waals surface area contributed by atoms with Crippen LogP contribution in [0.1, 0.15) is 72.8 Å². The highest BCUT2D eigenvalue weighted by Crippen LogP contribution is 2.30. The Balaban J connectivity index is 2.74. The second-order valence-electron chi connectivity index (χ2n) is 9.70. The Labute approximate surface area is 212 Å². The van der Waals surface area contributed by atoms with Crippen LogP contribution in [-0.4, -0.2) is 49.4 Å². The molecule has 0 spiro atoms. The molecule has 0 unspecified atom stereocenters. The smallest absolute Gasteiger partial charge is 0.458 e. The van der Waals surface area contributed by atoms with Gasteiger partial charge in [-0.05, 0) is 49.3 Å². The average molecular weight is 510 g/mol. The molecular weight excluding hydrogens is 470 g/mol. The number of hydrogen-bond acceptors (Lipinski definition) is 10. The summed E-state index contributed by atoms with van der Waals surface area (Å²) in [5, 5.41) is 0. The predicted octanol–water partition coefficient (Wildman–Crippen LogP) is 4.10. The van der Waals surface area contributed by atoms with E-state index >= 15 is 0 Å². The lowest BCUT2D eigenvalue weighted by Crippen LogP contribution is -2.37. The van der Waals surface area contributed by atoms with Gasteiger partial charge in [-0.2, -0.15) is 0 Å². The largest absolute Gasteiger partial charge is 0.508 e. The Morgan fingerprint density at radius 3 is 2.06 bits per heavy atom. The quantitative estimate of drug-likeness (QED) is 0.305. The lowest BCUT2D eigenvalue weighted by atomic mass is 9.99. The zero-order chi connectivity index (χ0) is 27.3. The first-order chi connectivity index (χ1) is 16.8. The van der Waals surface area contributed by atoms with Crippen LogP contribution in [0.4, 0.5) is 4.79 Å². The Morgan fingerprint density at radius 1 is 0.917 bits per heavy atom. The molecule has 10 heteroatoms. The highest BCUT2D eigenvalue weighted by atomic mass is 16.7. The van der Waals surface area contributed by atoms with Crippen LogP contribution in [0.5, 0.6) is 11.5 Å². The molecule has 0 amide bonds. The summed E-state index contributed by atoms with van der Waals surface area (Å²) < 4.78 is 25.9. The fourth-order valence-corrected chi connectivity index (χ4v) is 2.76. The van der Waals surface area contributed by atoms with E-state index in [1.165, 1.54) is 12.1 Å². The van der Waals surface area contributed by atoms with E-state index in [4.69, 9.17) is 29.4 Å². The minimum absolute atomic E-state index is 0.0710. The van der Waals surface area contributed by atoms with Gasteiger partial charge in [-0.3, -0.25) is 14.4 Å². The van der Waals surface area contributed by atoms with E-state index in [0.29, 0.717) is 18.4 Å². The summed E-state index contributed by atoms with van der Waals surface area (Å²) >= 11 is 0. The molecule has 0 aromatic heterocycles. The molecule has 0 radical (unpaired) electrons. The van der Waals surface area contributed by atoms with Gasteiger partial charge in [0.1, 0.15) is 18.8 Å². The van der Waals surface area contributed by atoms with Gasteiger partial charge in [0.05, 0.1) is 6.61 Å². The minimum atomic E-state index is -1.03. The molecule has 0 fully saturated rings. The zero-order valence-electron chi connectivity index (χ0n) is 22.1. The van der Waals surface area contributed by atoms with Crippen molar-refractivity contribution in [1.82, 2.24) is 0 Å². The van der Waals surface area contributed by atoms with E-state index in [2.05, 4.69) is 0 Å². The van der Waals surface area contributed by atoms with E-state index in [1.807, 2.05) is 34.6 Å². The number of hydrogen-bond donors (Lipinski definition) is 1. The van der Waals surface area contributed by atoms with E-state index < -0.39 is 36.2 Å². The lowest BCUT2D eigenvalue weighted by Gasteiger charge is -2.19. The van der Waals surface area contributed by atoms with Crippen molar-refractivity contribution in [2.45, 2.75) is 85.8 Å². The lowest BCUT2D eigenvalue weighted by molar-refractivity contribution is -0.152. The number of benzene rings is 1. The number of nitrogens with two attached hydrogens (primary N) is 1. The minimum Gasteiger partial charge on any atom is -0.458 e. The fraction of sp³-hybridized carbons (Fsp3) is 0.615. The van der Waals surface area contributed by atoms with Crippen molar-refractivity contribution in [2.24, 2.45) is 11.1 Å². The summed E-state index contributed by atoms with van der Waals surface area (Å²) in [5.41, 5.74) is 6.38. The van der Waals surface area contributed by atoms with Crippen molar-refractivity contribution in [3.05, 3.63) is 23.8 Å². The first-order valence-corrected chi connectivity index (χ1v) is 12.1. The van der Waals surface area contributed by atoms with Crippen LogP contribution in [0.2, 0.25) is 0 Å². The molecule has 1 aromatic carbocycles. The second-order valence-corrected chi connectivity index (χ2v) is 9.70. The highest BCUT2D eigenvalue weighted by Gasteiger charge is 2.22. The molecule has 0 bridgehead atoms. The topological polar surface area (TPSA) is 140 Å². The molecule has 0 aliphatic carbocycles. The van der Waals surface area contributed by atoms with E-state index in [-0.39, 0.29) is 49.4 Å². The van der Waals surface area contributed by atoms with Crippen molar-refractivity contribution in [1.29, 1.82) is 0 Å². The van der Waals surface area contributed by atoms with Crippen LogP contribution < -0.4 is 15.2 Å². The first kappa shape index (κ1) is 30.9. The van der Waals surface area contributed by atoms with Gasteiger partial charge in [-0.25, -0.2) is 4.79 Å². The van der Waals surface area contributed by atoms with Gasteiger partial charge in [0, 0.05) is 12.8 Å². The molecule has 202 valence electrons. The number of esters is 3. The van der Waals surface area contributed by atoms with E-state index in [1.54, 1.807) is 13.0 Å². The van der Waals surface area contributed by atoms with Crippen molar-refractivity contribution in [2.75, 3.05) is 13.2 Å². The maximum absolute atomic E-state index is 12.4. The third-order valence-corrected chi connectivity index (χ3v) is 4.50. The third-order valence-electron chi connectivity index (χ3n) is 4.50. The monoisotopic (exact) mass is 509 g/mol. The molecule has 2 atom stereocenters. The fourth-order valence-electron chi connectivity index (χ4n) is 2.76. The van der Waals surface area contributed by atoms with Crippen LogP contribution in [0.15, 0.2) is 18.2 Å². The molecule has 36 heavy (non-hydrogen) atoms. The van der Waals surface area contributed by atoms with Gasteiger partial charge in [0.25, 0.3) is 0 Å². The molecule has 0 saturated heterocycles. The van der Waals surface area contributed by atoms with Crippen LogP contribution in [0, 0.1) is 5.41 Å². The van der Waals surface area contributed by atoms with Crippen LogP contribution in [0.25, 0.3) is 0 Å². The van der Waals surface area contributed by atoms with Gasteiger partial charge in [-0.1, -0.05) is 40.7 Å². The SMILES string of the molecule is CCCC(=O)Oc1ccc(C[C@H](N)C(=O)O[C@@H](C)COC(=O)OCC(C)(C)C)cc1OC(=O)CCC. The molecule has 1 aromatic rings. The van der Waals surface area contributed by atoms with E-state index in [9.17, 15) is 19.2 Å². The summed E-state index contributed by atoms with van der Waals surface area (Å²) in [7, 11) is 0. The maximum Gasteiger partial charge on any atom is 0.508 e. The maximum atomic E-state index is 12.4. The van der Waals surface area contributed by atoms with Crippen molar-refractivity contribution in [3.8, 4) is 11.5 Å². The second kappa shape index (κ2) is 15.1. The molecular formula is C26H39NO9. The number of ether oxygens (including phenoxy) is 5. The van der Waals surface area contributed by atoms with Crippen molar-refractivity contribution < 1.29 is 42.9 Å². The third kappa shape index (κ3) is 12.5. The van der Waals surface area contributed by atoms with Crippen molar-refractivity contribution >= 4 is 24.1 Å². The molecule has 1 rings (SSSR count). The Morgan fingerprint density at radius 2 is 1.50 bits per heavy atom. The predicted molar refractivity (Wildman–Crippen MR) is 132 cm³/mol. The molecule has 0 heterocycles. The van der Waals surface area contributed by atoms with Gasteiger partial charge >= 0.3 is 24.1 Å². The van der Waals surface area contributed by atoms with Crippen molar-refractivity contribution in [3.63, 3.8) is 0 Å². The van der Waals surface area contributed by atoms with Gasteiger partial charge in [0.15, 0.2) is 11.5 Å². The molecule has 0 aliphatic rings. The van der Waals surface area contributed by atoms with Crippen LogP contribution >= 0.6 is 0 Å². The van der Waals surface area contributed by atoms with Crippen LogP contribution in [-0.2, 0) is 35.0 Å². The highest BCUT2D eigenvalue weighted by molar-refractivity contribution is 5.77. The summed E-state index contributed by atoms with van der Waals surface area (Å²) in [6, 6.07) is 3.59. The molecule has 0 aliphatic heterocycles. The van der Waals surface area contributed by atoms with Gasteiger partial charge < -0.3 is 29.4 Å². The standard InChI is InChI=1S/C26H39NO9/c1-7-9-22(28)35-20-12-11-18(14-21(20)36-23(29)10-8-2)13-19(27)24(30)34-17(3)15-32-25(31)33-16-26(4,5)6/h11-12,14,17,19H,7-10,13,15-16,27H2,1-6H3/t17-,19-/m0/s1. The Bertz CT molecular complexity index is 892. The zero-order valence-corrected chi connectivity index (χ0v) is 22.1. The summed E-state index contributed by atoms with van der Waals surface area (Å²) in [6.45, 7) is 11.0. The summed E-state index contributed by atoms with van der Waals surface area (Å²) in [6.07, 6.45) is 0.107. The first-order valence-electron chi connectivity index (χ1n) is 12.1. The normalized spacial score (nSPS) is 12.8.